The Morgan fingerprint density at radius 1 is 0.947 bits per heavy atom. The Bertz CT molecular complexity index is 1760. The van der Waals surface area contributed by atoms with Gasteiger partial charge in [0.25, 0.3) is 10.0 Å². The average molecular weight is 529 g/mol. The van der Waals surface area contributed by atoms with Gasteiger partial charge in [0, 0.05) is 48.2 Å². The summed E-state index contributed by atoms with van der Waals surface area (Å²) >= 11 is 0. The molecular weight excluding hydrogens is 504 g/mol. The fourth-order valence-corrected chi connectivity index (χ4v) is 5.38. The van der Waals surface area contributed by atoms with Crippen molar-refractivity contribution in [2.45, 2.75) is 11.8 Å². The third-order valence-electron chi connectivity index (χ3n) is 6.03. The van der Waals surface area contributed by atoms with Crippen LogP contribution < -0.4 is 14.8 Å². The lowest BCUT2D eigenvalue weighted by molar-refractivity contribution is 0.203. The molecular formula is C28H24N4O5S. The molecule has 0 spiro atoms. The van der Waals surface area contributed by atoms with Crippen molar-refractivity contribution in [3.63, 3.8) is 0 Å². The van der Waals surface area contributed by atoms with E-state index in [0.717, 1.165) is 16.7 Å². The van der Waals surface area contributed by atoms with Gasteiger partial charge in [-0.1, -0.05) is 29.8 Å². The zero-order chi connectivity index (χ0) is 26.9. The summed E-state index contributed by atoms with van der Waals surface area (Å²) in [7, 11) is -0.943. The van der Waals surface area contributed by atoms with Gasteiger partial charge in [-0.05, 0) is 54.4 Å². The fraction of sp³-hybridized carbons (Fsp3) is 0.107. The van der Waals surface area contributed by atoms with Crippen molar-refractivity contribution >= 4 is 27.1 Å². The molecule has 0 atom stereocenters. The van der Waals surface area contributed by atoms with Gasteiger partial charge in [-0.15, -0.1) is 0 Å². The molecule has 0 saturated heterocycles. The third-order valence-corrected chi connectivity index (χ3v) is 7.69. The van der Waals surface area contributed by atoms with E-state index in [2.05, 4.69) is 15.3 Å². The molecule has 0 aliphatic heterocycles. The molecule has 1 amide bonds. The highest BCUT2D eigenvalue weighted by Gasteiger charge is 2.23. The van der Waals surface area contributed by atoms with Crippen molar-refractivity contribution in [3.8, 4) is 33.9 Å². The summed E-state index contributed by atoms with van der Waals surface area (Å²) in [5.41, 5.74) is 4.05. The van der Waals surface area contributed by atoms with Crippen LogP contribution in [0.3, 0.4) is 0 Å². The highest BCUT2D eigenvalue weighted by atomic mass is 32.2. The predicted molar refractivity (Wildman–Crippen MR) is 144 cm³/mol. The summed E-state index contributed by atoms with van der Waals surface area (Å²) < 4.78 is 39.1. The maximum Gasteiger partial charge on any atom is 0.412 e. The van der Waals surface area contributed by atoms with Gasteiger partial charge in [-0.2, -0.15) is 0 Å². The van der Waals surface area contributed by atoms with E-state index in [1.165, 1.54) is 18.1 Å². The molecule has 0 saturated carbocycles. The van der Waals surface area contributed by atoms with Crippen LogP contribution in [0.15, 0.2) is 90.2 Å². The van der Waals surface area contributed by atoms with Gasteiger partial charge in [-0.3, -0.25) is 0 Å². The van der Waals surface area contributed by atoms with Gasteiger partial charge >= 0.3 is 6.09 Å². The third kappa shape index (κ3) is 4.69. The maximum atomic E-state index is 13.7. The number of nitrogens with one attached hydrogen (secondary N) is 1. The summed E-state index contributed by atoms with van der Waals surface area (Å²) in [5.74, 6) is 0.758. The standard InChI is InChI=1S/C28H24N4O5S/c1-18-7-9-23(10-8-18)38(34,35)32-17-25(20-11-12-30-26(15-20)36-3)24-14-21(16-31-27(24)32)19-5-4-6-22(13-19)37-28(33)29-2/h4-17H,1-3H3,(H,29,33). The van der Waals surface area contributed by atoms with Gasteiger partial charge < -0.3 is 14.8 Å². The van der Waals surface area contributed by atoms with E-state index in [-0.39, 0.29) is 10.5 Å². The lowest BCUT2D eigenvalue weighted by Crippen LogP contribution is -2.21. The smallest absolute Gasteiger partial charge is 0.412 e. The SMILES string of the molecule is CNC(=O)Oc1cccc(-c2cnc3c(c2)c(-c2ccnc(OC)c2)cn3S(=O)(=O)c2ccc(C)cc2)c1. The van der Waals surface area contributed by atoms with Crippen LogP contribution in [0.1, 0.15) is 5.56 Å². The van der Waals surface area contributed by atoms with E-state index in [4.69, 9.17) is 9.47 Å². The second-order valence-electron chi connectivity index (χ2n) is 8.51. The number of hydrogen-bond donors (Lipinski definition) is 1. The van der Waals surface area contributed by atoms with E-state index in [0.29, 0.717) is 28.1 Å². The van der Waals surface area contributed by atoms with Crippen LogP contribution in [0, 0.1) is 6.92 Å². The van der Waals surface area contributed by atoms with Gasteiger partial charge in [0.05, 0.1) is 12.0 Å². The number of benzene rings is 2. The summed E-state index contributed by atoms with van der Waals surface area (Å²) in [6, 6.07) is 19.1. The number of rotatable bonds is 6. The Balaban J connectivity index is 1.71. The Morgan fingerprint density at radius 2 is 1.74 bits per heavy atom. The minimum absolute atomic E-state index is 0.156. The fourth-order valence-electron chi connectivity index (χ4n) is 4.06. The molecule has 3 aromatic heterocycles. The van der Waals surface area contributed by atoms with Gasteiger partial charge in [-0.25, -0.2) is 27.2 Å². The van der Waals surface area contributed by atoms with Crippen molar-refractivity contribution in [3.05, 3.63) is 90.9 Å². The summed E-state index contributed by atoms with van der Waals surface area (Å²) in [6.07, 6.45) is 4.18. The molecule has 0 aliphatic carbocycles. The Labute approximate surface area is 219 Å². The minimum atomic E-state index is -3.94. The number of methoxy groups -OCH3 is 1. The second kappa shape index (κ2) is 9.98. The van der Waals surface area contributed by atoms with Gasteiger partial charge in [0.1, 0.15) is 5.75 Å². The number of carbonyl (C=O) groups is 1. The van der Waals surface area contributed by atoms with Crippen LogP contribution in [0.2, 0.25) is 0 Å². The molecule has 0 aliphatic rings. The van der Waals surface area contributed by atoms with Crippen LogP contribution in [0.25, 0.3) is 33.3 Å². The number of ether oxygens (including phenoxy) is 2. The highest BCUT2D eigenvalue weighted by molar-refractivity contribution is 7.90. The molecule has 5 rings (SSSR count). The lowest BCUT2D eigenvalue weighted by atomic mass is 10.0. The number of nitrogens with zero attached hydrogens (tertiary/aromatic N) is 3. The number of pyridine rings is 2. The van der Waals surface area contributed by atoms with Crippen LogP contribution in [0.5, 0.6) is 11.6 Å². The molecule has 1 N–H and O–H groups in total. The summed E-state index contributed by atoms with van der Waals surface area (Å²) in [4.78, 5) is 20.6. The summed E-state index contributed by atoms with van der Waals surface area (Å²) in [6.45, 7) is 1.90. The Kier molecular flexibility index (Phi) is 6.56. The largest absolute Gasteiger partial charge is 0.481 e. The van der Waals surface area contributed by atoms with Crippen LogP contribution in [0.4, 0.5) is 4.79 Å². The molecule has 0 unspecified atom stereocenters. The molecule has 192 valence electrons. The molecule has 9 nitrogen and oxygen atoms in total. The van der Waals surface area contributed by atoms with Crippen molar-refractivity contribution in [2.75, 3.05) is 14.2 Å². The number of fused-ring (bicyclic) bond motifs is 1. The quantitative estimate of drug-likeness (QED) is 0.329. The highest BCUT2D eigenvalue weighted by Crippen LogP contribution is 2.36. The number of hydrogen-bond acceptors (Lipinski definition) is 7. The number of amides is 1. The topological polar surface area (TPSA) is 112 Å². The number of carbonyl (C=O) groups excluding carboxylic acids is 1. The van der Waals surface area contributed by atoms with Gasteiger partial charge in [0.15, 0.2) is 5.65 Å². The normalized spacial score (nSPS) is 11.3. The molecule has 0 radical (unpaired) electrons. The molecule has 10 heteroatoms. The predicted octanol–water partition coefficient (Wildman–Crippen LogP) is 5.04. The van der Waals surface area contributed by atoms with E-state index < -0.39 is 16.1 Å². The first kappa shape index (κ1) is 25.0. The monoisotopic (exact) mass is 528 g/mol. The molecule has 0 bridgehead atoms. The van der Waals surface area contributed by atoms with Crippen LogP contribution in [-0.4, -0.2) is 42.6 Å². The molecule has 2 aromatic carbocycles. The number of aromatic nitrogens is 3. The van der Waals surface area contributed by atoms with Crippen LogP contribution >= 0.6 is 0 Å². The van der Waals surface area contributed by atoms with E-state index in [1.54, 1.807) is 73.2 Å². The first-order chi connectivity index (χ1) is 18.3. The van der Waals surface area contributed by atoms with E-state index >= 15 is 0 Å². The lowest BCUT2D eigenvalue weighted by Gasteiger charge is -2.09. The first-order valence-electron chi connectivity index (χ1n) is 11.6. The maximum absolute atomic E-state index is 13.7. The molecule has 5 aromatic rings. The second-order valence-corrected chi connectivity index (χ2v) is 10.3. The zero-order valence-electron chi connectivity index (χ0n) is 20.9. The summed E-state index contributed by atoms with van der Waals surface area (Å²) in [5, 5.41) is 3.03. The average Bonchev–Trinajstić information content (AvgIpc) is 3.33. The minimum Gasteiger partial charge on any atom is -0.481 e. The number of aryl methyl sites for hydroxylation is 1. The van der Waals surface area contributed by atoms with E-state index in [9.17, 15) is 13.2 Å². The van der Waals surface area contributed by atoms with Crippen molar-refractivity contribution in [1.82, 2.24) is 19.3 Å². The Hall–Kier alpha value is -4.70. The first-order valence-corrected chi connectivity index (χ1v) is 13.1. The van der Waals surface area contributed by atoms with Crippen molar-refractivity contribution in [2.24, 2.45) is 0 Å². The Morgan fingerprint density at radius 3 is 2.47 bits per heavy atom. The zero-order valence-corrected chi connectivity index (χ0v) is 21.7. The van der Waals surface area contributed by atoms with Crippen molar-refractivity contribution < 1.29 is 22.7 Å². The van der Waals surface area contributed by atoms with E-state index in [1.807, 2.05) is 19.1 Å². The van der Waals surface area contributed by atoms with Gasteiger partial charge in [0.2, 0.25) is 5.88 Å². The van der Waals surface area contributed by atoms with Crippen LogP contribution in [-0.2, 0) is 10.0 Å². The molecule has 0 fully saturated rings. The van der Waals surface area contributed by atoms with Crippen molar-refractivity contribution in [1.29, 1.82) is 0 Å². The molecule has 38 heavy (non-hydrogen) atoms. The molecule has 3 heterocycles.